The van der Waals surface area contributed by atoms with Crippen molar-refractivity contribution in [3.8, 4) is 0 Å². The minimum Gasteiger partial charge on any atom is -0.452 e. The summed E-state index contributed by atoms with van der Waals surface area (Å²) in [5.74, 6) is 1.69. The molecule has 1 N–H and O–H groups in total. The largest absolute Gasteiger partial charge is 0.452 e. The molecule has 1 aromatic heterocycles. The first-order valence-corrected chi connectivity index (χ1v) is 7.60. The molecule has 3 heteroatoms. The lowest BCUT2D eigenvalue weighted by atomic mass is 9.77. The predicted molar refractivity (Wildman–Crippen MR) is 80.3 cm³/mol. The quantitative estimate of drug-likeness (QED) is 0.889. The fourth-order valence-corrected chi connectivity index (χ4v) is 3.12. The fourth-order valence-electron chi connectivity index (χ4n) is 2.80. The van der Waals surface area contributed by atoms with Crippen molar-refractivity contribution in [1.29, 1.82) is 0 Å². The maximum Gasteiger partial charge on any atom is 0.169 e. The Kier molecular flexibility index (Phi) is 3.76. The third kappa shape index (κ3) is 2.49. The predicted octanol–water partition coefficient (Wildman–Crippen LogP) is 4.62. The summed E-state index contributed by atoms with van der Waals surface area (Å²) in [6.07, 6.45) is 3.99. The smallest absolute Gasteiger partial charge is 0.169 e. The van der Waals surface area contributed by atoms with Crippen molar-refractivity contribution in [3.63, 3.8) is 0 Å². The Labute approximate surface area is 122 Å². The number of hydrogen-bond acceptors (Lipinski definition) is 2. The lowest BCUT2D eigenvalue weighted by molar-refractivity contribution is 0.407. The summed E-state index contributed by atoms with van der Waals surface area (Å²) in [6, 6.07) is 12.8. The Bertz CT molecular complexity index is 559. The van der Waals surface area contributed by atoms with E-state index < -0.39 is 0 Å². The van der Waals surface area contributed by atoms with E-state index in [9.17, 15) is 0 Å². The van der Waals surface area contributed by atoms with E-state index in [1.54, 1.807) is 0 Å². The molecule has 1 saturated carbocycles. The van der Waals surface area contributed by atoms with E-state index >= 15 is 0 Å². The van der Waals surface area contributed by atoms with Crippen LogP contribution in [0.1, 0.15) is 48.1 Å². The van der Waals surface area contributed by atoms with Crippen molar-refractivity contribution in [2.24, 2.45) is 0 Å². The molecule has 0 amide bonds. The third-order valence-corrected chi connectivity index (χ3v) is 4.45. The molecule has 1 heterocycles. The molecule has 0 saturated heterocycles. The first-order valence-electron chi connectivity index (χ1n) is 6.81. The maximum absolute atomic E-state index is 5.73. The van der Waals surface area contributed by atoms with Crippen molar-refractivity contribution in [1.82, 2.24) is 5.32 Å². The van der Waals surface area contributed by atoms with Gasteiger partial charge in [-0.05, 0) is 65.0 Å². The van der Waals surface area contributed by atoms with Crippen LogP contribution in [0.5, 0.6) is 0 Å². The second-order valence-corrected chi connectivity index (χ2v) is 5.90. The van der Waals surface area contributed by atoms with E-state index in [-0.39, 0.29) is 6.04 Å². The van der Waals surface area contributed by atoms with Gasteiger partial charge in [-0.15, -0.1) is 0 Å². The summed E-state index contributed by atoms with van der Waals surface area (Å²) in [5, 5.41) is 3.38. The topological polar surface area (TPSA) is 25.2 Å². The SMILES string of the molecule is CNC(c1ccc(Br)o1)c1ccccc1C1CCC1. The van der Waals surface area contributed by atoms with E-state index in [1.807, 2.05) is 19.2 Å². The molecular weight excluding hydrogens is 302 g/mol. The normalized spacial score (nSPS) is 17.2. The molecule has 0 bridgehead atoms. The van der Waals surface area contributed by atoms with E-state index in [0.717, 1.165) is 16.3 Å². The fraction of sp³-hybridized carbons (Fsp3) is 0.375. The first kappa shape index (κ1) is 12.9. The minimum absolute atomic E-state index is 0.128. The number of furan rings is 1. The molecule has 100 valence electrons. The van der Waals surface area contributed by atoms with E-state index in [2.05, 4.69) is 45.5 Å². The molecule has 1 unspecified atom stereocenters. The van der Waals surface area contributed by atoms with Gasteiger partial charge in [0.2, 0.25) is 0 Å². The van der Waals surface area contributed by atoms with Crippen LogP contribution in [-0.2, 0) is 0 Å². The monoisotopic (exact) mass is 319 g/mol. The molecule has 1 fully saturated rings. The number of halogens is 1. The van der Waals surface area contributed by atoms with Crippen molar-refractivity contribution in [2.45, 2.75) is 31.2 Å². The summed E-state index contributed by atoms with van der Waals surface area (Å²) in [6.45, 7) is 0. The van der Waals surface area contributed by atoms with Gasteiger partial charge in [0.15, 0.2) is 4.67 Å². The van der Waals surface area contributed by atoms with Crippen molar-refractivity contribution >= 4 is 15.9 Å². The zero-order chi connectivity index (χ0) is 13.2. The average molecular weight is 320 g/mol. The standard InChI is InChI=1S/C16H18BrNO/c1-18-16(14-9-10-15(17)19-14)13-8-3-2-7-12(13)11-5-4-6-11/h2-3,7-11,16,18H,4-6H2,1H3. The molecule has 1 aromatic carbocycles. The molecule has 19 heavy (non-hydrogen) atoms. The molecule has 1 aliphatic rings. The van der Waals surface area contributed by atoms with E-state index in [0.29, 0.717) is 0 Å². The van der Waals surface area contributed by atoms with Crippen molar-refractivity contribution < 1.29 is 4.42 Å². The summed E-state index contributed by atoms with van der Waals surface area (Å²) in [5.41, 5.74) is 2.82. The van der Waals surface area contributed by atoms with Gasteiger partial charge in [0.25, 0.3) is 0 Å². The van der Waals surface area contributed by atoms with Gasteiger partial charge in [-0.25, -0.2) is 0 Å². The highest BCUT2D eigenvalue weighted by Crippen LogP contribution is 2.40. The van der Waals surface area contributed by atoms with Crippen LogP contribution >= 0.6 is 15.9 Å². The Morgan fingerprint density at radius 3 is 2.58 bits per heavy atom. The van der Waals surface area contributed by atoms with Crippen LogP contribution in [0, 0.1) is 0 Å². The molecule has 0 aliphatic heterocycles. The molecule has 1 aliphatic carbocycles. The van der Waals surface area contributed by atoms with Gasteiger partial charge in [0.1, 0.15) is 5.76 Å². The molecule has 0 spiro atoms. The lowest BCUT2D eigenvalue weighted by Gasteiger charge is -2.30. The van der Waals surface area contributed by atoms with Gasteiger partial charge < -0.3 is 9.73 Å². The highest BCUT2D eigenvalue weighted by molar-refractivity contribution is 9.10. The number of hydrogen-bond donors (Lipinski definition) is 1. The van der Waals surface area contributed by atoms with Crippen LogP contribution in [-0.4, -0.2) is 7.05 Å². The number of nitrogens with one attached hydrogen (secondary N) is 1. The summed E-state index contributed by atoms with van der Waals surface area (Å²) in [4.78, 5) is 0. The van der Waals surface area contributed by atoms with Crippen LogP contribution in [0.25, 0.3) is 0 Å². The number of benzene rings is 1. The zero-order valence-electron chi connectivity index (χ0n) is 11.0. The van der Waals surface area contributed by atoms with E-state index in [4.69, 9.17) is 4.42 Å². The van der Waals surface area contributed by atoms with Crippen LogP contribution < -0.4 is 5.32 Å². The highest BCUT2D eigenvalue weighted by atomic mass is 79.9. The second-order valence-electron chi connectivity index (χ2n) is 5.12. The van der Waals surface area contributed by atoms with Gasteiger partial charge in [-0.3, -0.25) is 0 Å². The molecule has 2 nitrogen and oxygen atoms in total. The van der Waals surface area contributed by atoms with Gasteiger partial charge in [-0.1, -0.05) is 30.7 Å². The molecule has 0 radical (unpaired) electrons. The zero-order valence-corrected chi connectivity index (χ0v) is 12.6. The van der Waals surface area contributed by atoms with Crippen LogP contribution in [0.3, 0.4) is 0 Å². The van der Waals surface area contributed by atoms with E-state index in [1.165, 1.54) is 30.4 Å². The van der Waals surface area contributed by atoms with Crippen LogP contribution in [0.4, 0.5) is 0 Å². The Hall–Kier alpha value is -1.06. The molecule has 3 rings (SSSR count). The van der Waals surface area contributed by atoms with Gasteiger partial charge >= 0.3 is 0 Å². The minimum atomic E-state index is 0.128. The Morgan fingerprint density at radius 2 is 2.00 bits per heavy atom. The third-order valence-electron chi connectivity index (χ3n) is 4.02. The molecule has 2 aromatic rings. The van der Waals surface area contributed by atoms with Crippen LogP contribution in [0.15, 0.2) is 45.5 Å². The summed E-state index contributed by atoms with van der Waals surface area (Å²) < 4.78 is 6.51. The highest BCUT2D eigenvalue weighted by Gasteiger charge is 2.26. The Balaban J connectivity index is 1.99. The van der Waals surface area contributed by atoms with Crippen LogP contribution in [0.2, 0.25) is 0 Å². The van der Waals surface area contributed by atoms with Crippen molar-refractivity contribution in [2.75, 3.05) is 7.05 Å². The second kappa shape index (κ2) is 5.51. The average Bonchev–Trinajstić information content (AvgIpc) is 2.77. The number of rotatable bonds is 4. The van der Waals surface area contributed by atoms with Gasteiger partial charge in [0, 0.05) is 0 Å². The lowest BCUT2D eigenvalue weighted by Crippen LogP contribution is -2.21. The first-order chi connectivity index (χ1) is 9.29. The van der Waals surface area contributed by atoms with Gasteiger partial charge in [-0.2, -0.15) is 0 Å². The maximum atomic E-state index is 5.73. The molecule has 1 atom stereocenters. The van der Waals surface area contributed by atoms with Crippen molar-refractivity contribution in [3.05, 3.63) is 58.0 Å². The van der Waals surface area contributed by atoms with Gasteiger partial charge in [0.05, 0.1) is 6.04 Å². The summed E-state index contributed by atoms with van der Waals surface area (Å²) >= 11 is 3.38. The molecular formula is C16H18BrNO. The summed E-state index contributed by atoms with van der Waals surface area (Å²) in [7, 11) is 1.98. The Morgan fingerprint density at radius 1 is 1.21 bits per heavy atom.